The number of fused-ring (bicyclic) bond motifs is 1. The lowest BCUT2D eigenvalue weighted by molar-refractivity contribution is 0.601. The van der Waals surface area contributed by atoms with Crippen LogP contribution in [0.4, 0.5) is 5.69 Å². The molecule has 0 unspecified atom stereocenters. The summed E-state index contributed by atoms with van der Waals surface area (Å²) >= 11 is 1.06. The van der Waals surface area contributed by atoms with Crippen LogP contribution in [0.15, 0.2) is 82.5 Å². The number of unbranched alkanes of at least 4 members (excludes halogenated alkanes) is 1. The third-order valence-electron chi connectivity index (χ3n) is 5.16. The van der Waals surface area contributed by atoms with Gasteiger partial charge in [0.15, 0.2) is 0 Å². The Balaban J connectivity index is 1.58. The van der Waals surface area contributed by atoms with Gasteiger partial charge in [-0.15, -0.1) is 0 Å². The molecule has 0 aliphatic rings. The Morgan fingerprint density at radius 3 is 2.39 bits per heavy atom. The topological polar surface area (TPSA) is 68.2 Å². The number of sulfonamides is 1. The largest absolute Gasteiger partial charge is 0.308 e. The molecule has 0 atom stereocenters. The maximum Gasteiger partial charge on any atom is 0.308 e. The number of rotatable bonds is 8. The number of nitrogens with one attached hydrogen (secondary N) is 1. The summed E-state index contributed by atoms with van der Waals surface area (Å²) < 4.78 is 30.7. The lowest BCUT2D eigenvalue weighted by Crippen LogP contribution is -2.14. The van der Waals surface area contributed by atoms with Crippen molar-refractivity contribution < 1.29 is 8.42 Å². The number of benzene rings is 3. The van der Waals surface area contributed by atoms with E-state index in [1.165, 1.54) is 5.56 Å². The molecule has 1 heterocycles. The molecule has 0 spiro atoms. The summed E-state index contributed by atoms with van der Waals surface area (Å²) in [5.41, 5.74) is 3.47. The number of hydrogen-bond acceptors (Lipinski definition) is 4. The molecule has 0 radical (unpaired) electrons. The second kappa shape index (κ2) is 9.08. The van der Waals surface area contributed by atoms with E-state index in [-0.39, 0.29) is 9.77 Å². The zero-order valence-electron chi connectivity index (χ0n) is 17.2. The van der Waals surface area contributed by atoms with Crippen molar-refractivity contribution in [1.82, 2.24) is 4.57 Å². The second-order valence-electron chi connectivity index (χ2n) is 7.48. The lowest BCUT2D eigenvalue weighted by Gasteiger charge is -2.10. The van der Waals surface area contributed by atoms with Crippen molar-refractivity contribution >= 4 is 37.3 Å². The molecule has 0 amide bonds. The highest BCUT2D eigenvalue weighted by Gasteiger charge is 2.17. The zero-order valence-corrected chi connectivity index (χ0v) is 18.9. The van der Waals surface area contributed by atoms with Crippen LogP contribution in [0.5, 0.6) is 0 Å². The maximum atomic E-state index is 12.9. The Hall–Kier alpha value is -2.90. The van der Waals surface area contributed by atoms with Crippen molar-refractivity contribution in [2.45, 2.75) is 37.6 Å². The smallest absolute Gasteiger partial charge is 0.294 e. The molecule has 0 saturated carbocycles. The van der Waals surface area contributed by atoms with Crippen molar-refractivity contribution in [3.05, 3.63) is 93.6 Å². The zero-order chi connectivity index (χ0) is 21.8. The fourth-order valence-corrected chi connectivity index (χ4v) is 5.55. The van der Waals surface area contributed by atoms with Gasteiger partial charge in [0, 0.05) is 5.69 Å². The second-order valence-corrected chi connectivity index (χ2v) is 10.2. The van der Waals surface area contributed by atoms with Gasteiger partial charge in [0.25, 0.3) is 10.0 Å². The highest BCUT2D eigenvalue weighted by Crippen LogP contribution is 2.24. The molecule has 0 aliphatic carbocycles. The summed E-state index contributed by atoms with van der Waals surface area (Å²) in [6.45, 7) is 2.60. The van der Waals surface area contributed by atoms with Gasteiger partial charge in [-0.1, -0.05) is 67.1 Å². The Kier molecular flexibility index (Phi) is 6.25. The van der Waals surface area contributed by atoms with E-state index in [4.69, 9.17) is 0 Å². The predicted octanol–water partition coefficient (Wildman–Crippen LogP) is 5.25. The van der Waals surface area contributed by atoms with E-state index in [1.54, 1.807) is 34.9 Å². The molecule has 1 N–H and O–H groups in total. The standard InChI is InChI=1S/C24H24N2O3S2/c1-2-3-7-18-10-12-20(13-11-18)25-31(28,29)21-14-15-22-23(16-21)30-24(27)26(22)17-19-8-5-4-6-9-19/h4-6,8-16,25H,2-3,7,17H2,1H3. The number of hydrogen-bond donors (Lipinski definition) is 1. The molecule has 160 valence electrons. The molecule has 0 bridgehead atoms. The Morgan fingerprint density at radius 2 is 1.68 bits per heavy atom. The fraction of sp³-hybridized carbons (Fsp3) is 0.208. The Labute approximate surface area is 186 Å². The molecular weight excluding hydrogens is 428 g/mol. The predicted molar refractivity (Wildman–Crippen MR) is 127 cm³/mol. The van der Waals surface area contributed by atoms with Gasteiger partial charge in [-0.05, 0) is 54.3 Å². The minimum Gasteiger partial charge on any atom is -0.294 e. The van der Waals surface area contributed by atoms with Gasteiger partial charge in [0.2, 0.25) is 0 Å². The molecule has 5 nitrogen and oxygen atoms in total. The fourth-order valence-electron chi connectivity index (χ4n) is 3.46. The average molecular weight is 453 g/mol. The summed E-state index contributed by atoms with van der Waals surface area (Å²) in [4.78, 5) is 12.6. The molecule has 3 aromatic carbocycles. The van der Waals surface area contributed by atoms with Crippen molar-refractivity contribution in [2.24, 2.45) is 0 Å². The van der Waals surface area contributed by atoms with Crippen LogP contribution >= 0.6 is 11.3 Å². The van der Waals surface area contributed by atoms with Crippen LogP contribution in [0.2, 0.25) is 0 Å². The average Bonchev–Trinajstić information content (AvgIpc) is 3.08. The first-order valence-corrected chi connectivity index (χ1v) is 12.6. The van der Waals surface area contributed by atoms with Crippen LogP contribution in [0, 0.1) is 0 Å². The normalized spacial score (nSPS) is 11.6. The number of aryl methyl sites for hydroxylation is 1. The number of nitrogens with zero attached hydrogens (tertiary/aromatic N) is 1. The van der Waals surface area contributed by atoms with Gasteiger partial charge < -0.3 is 0 Å². The summed E-state index contributed by atoms with van der Waals surface area (Å²) in [5, 5.41) is 0. The van der Waals surface area contributed by atoms with E-state index < -0.39 is 10.0 Å². The summed E-state index contributed by atoms with van der Waals surface area (Å²) in [6.07, 6.45) is 3.22. The van der Waals surface area contributed by atoms with Crippen LogP contribution in [0.25, 0.3) is 10.2 Å². The van der Waals surface area contributed by atoms with Gasteiger partial charge in [-0.25, -0.2) is 8.42 Å². The van der Waals surface area contributed by atoms with E-state index >= 15 is 0 Å². The molecule has 4 aromatic rings. The number of anilines is 1. The molecule has 0 fully saturated rings. The van der Waals surface area contributed by atoms with Gasteiger partial charge in [0.1, 0.15) is 0 Å². The first kappa shape index (κ1) is 21.3. The van der Waals surface area contributed by atoms with E-state index in [9.17, 15) is 13.2 Å². The van der Waals surface area contributed by atoms with Crippen LogP contribution in [-0.2, 0) is 23.0 Å². The molecule has 0 aliphatic heterocycles. The first-order valence-electron chi connectivity index (χ1n) is 10.3. The lowest BCUT2D eigenvalue weighted by atomic mass is 10.1. The first-order chi connectivity index (χ1) is 15.0. The quantitative estimate of drug-likeness (QED) is 0.397. The number of aromatic nitrogens is 1. The van der Waals surface area contributed by atoms with Crippen LogP contribution in [0.1, 0.15) is 30.9 Å². The highest BCUT2D eigenvalue weighted by atomic mass is 32.2. The van der Waals surface area contributed by atoms with Crippen molar-refractivity contribution in [3.8, 4) is 0 Å². The molecule has 4 rings (SSSR count). The van der Waals surface area contributed by atoms with Gasteiger partial charge >= 0.3 is 4.87 Å². The van der Waals surface area contributed by atoms with Crippen molar-refractivity contribution in [1.29, 1.82) is 0 Å². The third-order valence-corrected chi connectivity index (χ3v) is 7.48. The molecule has 0 saturated heterocycles. The molecule has 7 heteroatoms. The summed E-state index contributed by atoms with van der Waals surface area (Å²) in [7, 11) is -3.75. The maximum absolute atomic E-state index is 12.9. The van der Waals surface area contributed by atoms with Crippen LogP contribution in [-0.4, -0.2) is 13.0 Å². The minimum atomic E-state index is -3.75. The van der Waals surface area contributed by atoms with Crippen molar-refractivity contribution in [2.75, 3.05) is 4.72 Å². The number of thiazole rings is 1. The molecular formula is C24H24N2O3S2. The SMILES string of the molecule is CCCCc1ccc(NS(=O)(=O)c2ccc3c(c2)sc(=O)n3Cc2ccccc2)cc1. The third kappa shape index (κ3) is 4.89. The molecule has 1 aromatic heterocycles. The van der Waals surface area contributed by atoms with Crippen LogP contribution < -0.4 is 9.60 Å². The van der Waals surface area contributed by atoms with Gasteiger partial charge in [-0.3, -0.25) is 14.1 Å². The highest BCUT2D eigenvalue weighted by molar-refractivity contribution is 7.92. The summed E-state index contributed by atoms with van der Waals surface area (Å²) in [6, 6.07) is 22.0. The minimum absolute atomic E-state index is 0.107. The van der Waals surface area contributed by atoms with E-state index in [2.05, 4.69) is 11.6 Å². The Bertz CT molecular complexity index is 1340. The van der Waals surface area contributed by atoms with E-state index in [0.717, 1.165) is 41.7 Å². The Morgan fingerprint density at radius 1 is 0.935 bits per heavy atom. The van der Waals surface area contributed by atoms with Crippen molar-refractivity contribution in [3.63, 3.8) is 0 Å². The van der Waals surface area contributed by atoms with E-state index in [1.807, 2.05) is 42.5 Å². The van der Waals surface area contributed by atoms with E-state index in [0.29, 0.717) is 16.9 Å². The summed E-state index contributed by atoms with van der Waals surface area (Å²) in [5.74, 6) is 0. The molecule has 31 heavy (non-hydrogen) atoms. The van der Waals surface area contributed by atoms with Crippen LogP contribution in [0.3, 0.4) is 0 Å². The monoisotopic (exact) mass is 452 g/mol. The van der Waals surface area contributed by atoms with Gasteiger partial charge in [-0.2, -0.15) is 0 Å². The van der Waals surface area contributed by atoms with Gasteiger partial charge in [0.05, 0.1) is 21.7 Å².